The predicted molar refractivity (Wildman–Crippen MR) is 339 cm³/mol. The van der Waals surface area contributed by atoms with Gasteiger partial charge in [-0.05, 0) is 83.5 Å². The number of allylic oxidation sites excluding steroid dienone is 8. The van der Waals surface area contributed by atoms with Gasteiger partial charge in [-0.1, -0.05) is 320 Å². The Hall–Kier alpha value is -2.63. The molecule has 1 atom stereocenters. The minimum atomic E-state index is -0.775. The first-order valence-electron chi connectivity index (χ1n) is 34.6. The average Bonchev–Trinajstić information content (AvgIpc) is 3.44. The molecule has 0 N–H and O–H groups in total. The fourth-order valence-corrected chi connectivity index (χ4v) is 10.3. The molecule has 0 aromatic heterocycles. The first-order chi connectivity index (χ1) is 38.5. The van der Waals surface area contributed by atoms with Crippen LogP contribution in [0.3, 0.4) is 0 Å². The van der Waals surface area contributed by atoms with Crippen molar-refractivity contribution >= 4 is 17.9 Å². The lowest BCUT2D eigenvalue weighted by Crippen LogP contribution is -2.30. The molecule has 456 valence electrons. The molecule has 0 bridgehead atoms. The van der Waals surface area contributed by atoms with E-state index in [4.69, 9.17) is 14.2 Å². The highest BCUT2D eigenvalue weighted by atomic mass is 16.6. The fourth-order valence-electron chi connectivity index (χ4n) is 10.3. The summed E-state index contributed by atoms with van der Waals surface area (Å²) in [7, 11) is 0. The van der Waals surface area contributed by atoms with Crippen molar-refractivity contribution in [1.29, 1.82) is 0 Å². The van der Waals surface area contributed by atoms with Gasteiger partial charge in [0.25, 0.3) is 0 Å². The number of esters is 3. The second-order valence-corrected chi connectivity index (χ2v) is 23.4. The highest BCUT2D eigenvalue weighted by Gasteiger charge is 2.19. The van der Waals surface area contributed by atoms with Crippen molar-refractivity contribution in [2.24, 2.45) is 0 Å². The Balaban J connectivity index is 4.18. The fraction of sp³-hybridized carbons (Fsp3) is 0.847. The molecule has 0 aliphatic heterocycles. The number of ether oxygens (including phenoxy) is 3. The van der Waals surface area contributed by atoms with E-state index in [-0.39, 0.29) is 31.1 Å². The van der Waals surface area contributed by atoms with Crippen LogP contribution in [0.15, 0.2) is 48.6 Å². The Bertz CT molecular complexity index is 1350. The average molecular weight is 1090 g/mol. The first-order valence-corrected chi connectivity index (χ1v) is 34.6. The van der Waals surface area contributed by atoms with Crippen molar-refractivity contribution in [3.8, 4) is 0 Å². The zero-order chi connectivity index (χ0) is 56.4. The zero-order valence-electron chi connectivity index (χ0n) is 52.5. The van der Waals surface area contributed by atoms with E-state index in [0.29, 0.717) is 19.3 Å². The van der Waals surface area contributed by atoms with E-state index in [9.17, 15) is 14.4 Å². The number of rotatable bonds is 64. The van der Waals surface area contributed by atoms with Gasteiger partial charge in [-0.3, -0.25) is 14.4 Å². The Labute approximate surface area is 486 Å². The van der Waals surface area contributed by atoms with Gasteiger partial charge in [0.15, 0.2) is 6.10 Å². The summed E-state index contributed by atoms with van der Waals surface area (Å²) < 4.78 is 16.9. The molecule has 1 unspecified atom stereocenters. The summed E-state index contributed by atoms with van der Waals surface area (Å²) in [6.07, 6.45) is 84.3. The van der Waals surface area contributed by atoms with Crippen LogP contribution in [0.2, 0.25) is 0 Å². The number of hydrogen-bond acceptors (Lipinski definition) is 6. The van der Waals surface area contributed by atoms with Crippen LogP contribution in [0.25, 0.3) is 0 Å². The first kappa shape index (κ1) is 75.4. The van der Waals surface area contributed by atoms with E-state index in [1.54, 1.807) is 0 Å². The largest absolute Gasteiger partial charge is 0.462 e. The summed E-state index contributed by atoms with van der Waals surface area (Å²) in [5.74, 6) is -0.858. The molecule has 0 aromatic carbocycles. The Morgan fingerprint density at radius 1 is 0.256 bits per heavy atom. The maximum atomic E-state index is 12.9. The minimum Gasteiger partial charge on any atom is -0.462 e. The van der Waals surface area contributed by atoms with E-state index in [1.165, 1.54) is 257 Å². The molecule has 0 aliphatic carbocycles. The molecule has 0 rings (SSSR count). The van der Waals surface area contributed by atoms with Crippen LogP contribution in [0, 0.1) is 0 Å². The van der Waals surface area contributed by atoms with Crippen LogP contribution in [0.5, 0.6) is 0 Å². The van der Waals surface area contributed by atoms with Gasteiger partial charge in [0.05, 0.1) is 0 Å². The lowest BCUT2D eigenvalue weighted by Gasteiger charge is -2.18. The normalized spacial score (nSPS) is 12.3. The summed E-state index contributed by atoms with van der Waals surface area (Å²) >= 11 is 0. The maximum Gasteiger partial charge on any atom is 0.306 e. The third-order valence-corrected chi connectivity index (χ3v) is 15.6. The van der Waals surface area contributed by atoms with E-state index in [2.05, 4.69) is 69.4 Å². The number of unbranched alkanes of at least 4 members (excludes halogenated alkanes) is 45. The number of carbonyl (C=O) groups is 3. The summed E-state index contributed by atoms with van der Waals surface area (Å²) in [4.78, 5) is 38.3. The molecule has 6 heteroatoms. The summed E-state index contributed by atoms with van der Waals surface area (Å²) in [5.41, 5.74) is 0. The van der Waals surface area contributed by atoms with E-state index >= 15 is 0 Å². The van der Waals surface area contributed by atoms with Gasteiger partial charge in [-0.2, -0.15) is 0 Å². The molecule has 0 aliphatic rings. The molecule has 0 saturated heterocycles. The molecule has 0 spiro atoms. The van der Waals surface area contributed by atoms with Crippen LogP contribution in [-0.2, 0) is 28.6 Å². The summed E-state index contributed by atoms with van der Waals surface area (Å²) in [6.45, 7) is 6.67. The summed E-state index contributed by atoms with van der Waals surface area (Å²) in [6, 6.07) is 0. The molecule has 0 fully saturated rings. The monoisotopic (exact) mass is 1090 g/mol. The number of hydrogen-bond donors (Lipinski definition) is 0. The minimum absolute atomic E-state index is 0.0719. The van der Waals surface area contributed by atoms with Crippen molar-refractivity contribution in [2.45, 2.75) is 380 Å². The topological polar surface area (TPSA) is 78.9 Å². The van der Waals surface area contributed by atoms with Gasteiger partial charge in [0, 0.05) is 19.3 Å². The van der Waals surface area contributed by atoms with Gasteiger partial charge >= 0.3 is 17.9 Å². The van der Waals surface area contributed by atoms with Gasteiger partial charge in [0.1, 0.15) is 13.2 Å². The summed E-state index contributed by atoms with van der Waals surface area (Å²) in [5, 5.41) is 0. The lowest BCUT2D eigenvalue weighted by molar-refractivity contribution is -0.167. The van der Waals surface area contributed by atoms with E-state index < -0.39 is 6.10 Å². The third-order valence-electron chi connectivity index (χ3n) is 15.6. The lowest BCUT2D eigenvalue weighted by atomic mass is 10.0. The van der Waals surface area contributed by atoms with Crippen molar-refractivity contribution in [1.82, 2.24) is 0 Å². The van der Waals surface area contributed by atoms with E-state index in [1.807, 2.05) is 0 Å². The Morgan fingerprint density at radius 3 is 0.731 bits per heavy atom. The number of carbonyl (C=O) groups excluding carboxylic acids is 3. The van der Waals surface area contributed by atoms with Crippen molar-refractivity contribution in [3.05, 3.63) is 48.6 Å². The van der Waals surface area contributed by atoms with Gasteiger partial charge in [-0.25, -0.2) is 0 Å². The van der Waals surface area contributed by atoms with E-state index in [0.717, 1.165) is 77.0 Å². The van der Waals surface area contributed by atoms with Gasteiger partial charge in [0.2, 0.25) is 0 Å². The molecule has 0 radical (unpaired) electrons. The molecule has 0 saturated carbocycles. The van der Waals surface area contributed by atoms with Crippen molar-refractivity contribution in [3.63, 3.8) is 0 Å². The molecular formula is C72H132O6. The van der Waals surface area contributed by atoms with Crippen LogP contribution in [0.4, 0.5) is 0 Å². The van der Waals surface area contributed by atoms with Crippen molar-refractivity contribution in [2.75, 3.05) is 13.2 Å². The Morgan fingerprint density at radius 2 is 0.462 bits per heavy atom. The molecule has 0 aromatic rings. The maximum absolute atomic E-state index is 12.9. The van der Waals surface area contributed by atoms with Crippen LogP contribution in [-0.4, -0.2) is 37.2 Å². The molecule has 6 nitrogen and oxygen atoms in total. The van der Waals surface area contributed by atoms with Gasteiger partial charge in [-0.15, -0.1) is 0 Å². The third kappa shape index (κ3) is 64.2. The van der Waals surface area contributed by atoms with Crippen LogP contribution >= 0.6 is 0 Å². The highest BCUT2D eigenvalue weighted by Crippen LogP contribution is 2.18. The van der Waals surface area contributed by atoms with Crippen LogP contribution in [0.1, 0.15) is 374 Å². The van der Waals surface area contributed by atoms with Crippen molar-refractivity contribution < 1.29 is 28.6 Å². The second kappa shape index (κ2) is 66.9. The smallest absolute Gasteiger partial charge is 0.306 e. The highest BCUT2D eigenvalue weighted by molar-refractivity contribution is 5.71. The Kier molecular flexibility index (Phi) is 64.6. The quantitative estimate of drug-likeness (QED) is 0.0261. The molecular weight excluding hydrogens is 961 g/mol. The standard InChI is InChI=1S/C72H132O6/c1-4-7-10-13-16-19-22-24-26-28-30-32-34-35-36-37-39-40-42-44-46-48-50-53-56-59-62-65-71(74)77-68-69(67-76-70(73)64-61-58-55-52-21-18-15-12-9-6-3)78-72(75)66-63-60-57-54-51-49-47-45-43-41-38-33-31-29-27-25-23-20-17-14-11-8-5-2/h23,25,28-31,38,41,69H,4-22,24,26-27,32-37,39-40,42-68H2,1-3H3/b25-23-,30-28-,31-29-,41-38-. The molecule has 0 amide bonds. The van der Waals surface area contributed by atoms with Gasteiger partial charge < -0.3 is 14.2 Å². The molecule has 0 heterocycles. The molecule has 78 heavy (non-hydrogen) atoms. The zero-order valence-corrected chi connectivity index (χ0v) is 52.5. The predicted octanol–water partition coefficient (Wildman–Crippen LogP) is 23.7. The second-order valence-electron chi connectivity index (χ2n) is 23.4. The van der Waals surface area contributed by atoms with Crippen LogP contribution < -0.4 is 0 Å². The SMILES string of the molecule is CCCCCCC/C=C\C/C=C\C/C=C\CCCCCCCCCCC(=O)OC(COC(=O)CCCCCCCCCCCC)COC(=O)CCCCCCCCCCCCCCCCC/C=C\CCCCCCCCCC.